The van der Waals surface area contributed by atoms with Crippen molar-refractivity contribution in [1.82, 2.24) is 0 Å². The van der Waals surface area contributed by atoms with Crippen molar-refractivity contribution in [3.63, 3.8) is 0 Å². The number of fused-ring (bicyclic) bond motifs is 3. The van der Waals surface area contributed by atoms with Crippen LogP contribution in [0.3, 0.4) is 0 Å². The molecule has 0 fully saturated rings. The average molecular weight is 268 g/mol. The molecule has 98 valence electrons. The number of hydrogen-bond donors (Lipinski definition) is 0. The summed E-state index contributed by atoms with van der Waals surface area (Å²) < 4.78 is 5.45. The number of benzene rings is 3. The summed E-state index contributed by atoms with van der Waals surface area (Å²) in [5.41, 5.74) is 4.19. The van der Waals surface area contributed by atoms with Crippen molar-refractivity contribution in [2.75, 3.05) is 0 Å². The minimum atomic E-state index is 0.902. The third kappa shape index (κ3) is 1.89. The summed E-state index contributed by atoms with van der Waals surface area (Å²) in [4.78, 5) is 0. The lowest BCUT2D eigenvalue weighted by atomic mass is 9.99. The highest BCUT2D eigenvalue weighted by atomic mass is 16.3. The van der Waals surface area contributed by atoms with E-state index in [0.29, 0.717) is 0 Å². The molecule has 0 amide bonds. The van der Waals surface area contributed by atoms with Crippen LogP contribution in [0.5, 0.6) is 0 Å². The molecule has 0 aliphatic carbocycles. The smallest absolute Gasteiger partial charge is 0.134 e. The van der Waals surface area contributed by atoms with Crippen molar-refractivity contribution < 1.29 is 4.42 Å². The van der Waals surface area contributed by atoms with Gasteiger partial charge in [-0.05, 0) is 52.2 Å². The number of rotatable bonds is 1. The van der Waals surface area contributed by atoms with Gasteiger partial charge in [0, 0.05) is 10.9 Å². The molecule has 0 atom stereocenters. The van der Waals surface area contributed by atoms with Gasteiger partial charge in [-0.2, -0.15) is 0 Å². The maximum Gasteiger partial charge on any atom is 0.134 e. The molecule has 0 spiro atoms. The maximum absolute atomic E-state index is 5.45. The summed E-state index contributed by atoms with van der Waals surface area (Å²) in [7, 11) is 0. The summed E-state index contributed by atoms with van der Waals surface area (Å²) in [6.07, 6.45) is 7.13. The molecular formula is C20H12O. The first-order valence-electron chi connectivity index (χ1n) is 6.82. The minimum Gasteiger partial charge on any atom is -0.464 e. The monoisotopic (exact) mass is 268 g/mol. The van der Waals surface area contributed by atoms with E-state index >= 15 is 0 Å². The van der Waals surface area contributed by atoms with Crippen molar-refractivity contribution in [3.8, 4) is 23.5 Å². The summed E-state index contributed by atoms with van der Waals surface area (Å²) in [6, 6.07) is 20.7. The lowest BCUT2D eigenvalue weighted by molar-refractivity contribution is 0.616. The molecule has 1 nitrogen and oxygen atoms in total. The Morgan fingerprint density at radius 1 is 0.762 bits per heavy atom. The number of hydrogen-bond acceptors (Lipinski definition) is 1. The number of terminal acetylenes is 1. The van der Waals surface area contributed by atoms with Crippen LogP contribution >= 0.6 is 0 Å². The van der Waals surface area contributed by atoms with E-state index in [0.717, 1.165) is 16.5 Å². The van der Waals surface area contributed by atoms with Gasteiger partial charge < -0.3 is 4.42 Å². The first-order chi connectivity index (χ1) is 10.3. The van der Waals surface area contributed by atoms with Crippen LogP contribution in [0.2, 0.25) is 0 Å². The fourth-order valence-electron chi connectivity index (χ4n) is 2.72. The molecule has 0 unspecified atom stereocenters. The van der Waals surface area contributed by atoms with Crippen molar-refractivity contribution in [2.24, 2.45) is 0 Å². The highest BCUT2D eigenvalue weighted by Crippen LogP contribution is 2.30. The first kappa shape index (κ1) is 11.8. The molecule has 1 aromatic heterocycles. The second-order valence-corrected chi connectivity index (χ2v) is 5.06. The molecule has 1 heteroatoms. The standard InChI is InChI=1S/C20H12O/c1-2-14-3-5-15(6-4-14)16-7-9-18-17(13-16)8-10-20-19(18)11-12-21-20/h1,3-13H. The summed E-state index contributed by atoms with van der Waals surface area (Å²) in [5.74, 6) is 2.64. The van der Waals surface area contributed by atoms with Crippen LogP contribution in [-0.4, -0.2) is 0 Å². The van der Waals surface area contributed by atoms with E-state index < -0.39 is 0 Å². The van der Waals surface area contributed by atoms with Crippen LogP contribution < -0.4 is 0 Å². The molecule has 0 saturated carbocycles. The highest BCUT2D eigenvalue weighted by molar-refractivity contribution is 6.06. The normalized spacial score (nSPS) is 10.8. The molecule has 0 radical (unpaired) electrons. The van der Waals surface area contributed by atoms with Gasteiger partial charge in [-0.1, -0.05) is 36.3 Å². The molecule has 0 N–H and O–H groups in total. The molecule has 0 aliphatic heterocycles. The average Bonchev–Trinajstić information content (AvgIpc) is 3.03. The van der Waals surface area contributed by atoms with Gasteiger partial charge in [0.15, 0.2) is 0 Å². The number of furan rings is 1. The van der Waals surface area contributed by atoms with Crippen molar-refractivity contribution in [3.05, 3.63) is 72.5 Å². The van der Waals surface area contributed by atoms with E-state index in [1.54, 1.807) is 6.26 Å². The lowest BCUT2D eigenvalue weighted by Crippen LogP contribution is -1.81. The zero-order valence-electron chi connectivity index (χ0n) is 11.3. The largest absolute Gasteiger partial charge is 0.464 e. The van der Waals surface area contributed by atoms with E-state index in [-0.39, 0.29) is 0 Å². The molecule has 4 aromatic rings. The van der Waals surface area contributed by atoms with Crippen LogP contribution in [0.1, 0.15) is 5.56 Å². The zero-order chi connectivity index (χ0) is 14.2. The van der Waals surface area contributed by atoms with Crippen molar-refractivity contribution in [2.45, 2.75) is 0 Å². The molecule has 0 saturated heterocycles. The Bertz CT molecular complexity index is 982. The Morgan fingerprint density at radius 2 is 1.57 bits per heavy atom. The molecule has 1 heterocycles. The van der Waals surface area contributed by atoms with Gasteiger partial charge >= 0.3 is 0 Å². The fraction of sp³-hybridized carbons (Fsp3) is 0. The summed E-state index contributed by atoms with van der Waals surface area (Å²) >= 11 is 0. The predicted octanol–water partition coefficient (Wildman–Crippen LogP) is 5.23. The zero-order valence-corrected chi connectivity index (χ0v) is 11.3. The van der Waals surface area contributed by atoms with Crippen LogP contribution in [0.4, 0.5) is 0 Å². The van der Waals surface area contributed by atoms with Crippen LogP contribution in [0.25, 0.3) is 32.9 Å². The topological polar surface area (TPSA) is 13.1 Å². The van der Waals surface area contributed by atoms with Crippen molar-refractivity contribution >= 4 is 21.7 Å². The van der Waals surface area contributed by atoms with E-state index in [4.69, 9.17) is 10.8 Å². The van der Waals surface area contributed by atoms with E-state index in [1.165, 1.54) is 21.9 Å². The van der Waals surface area contributed by atoms with Crippen LogP contribution in [0.15, 0.2) is 71.3 Å². The second-order valence-electron chi connectivity index (χ2n) is 5.06. The van der Waals surface area contributed by atoms with Gasteiger partial charge in [-0.15, -0.1) is 6.42 Å². The second kappa shape index (κ2) is 4.54. The van der Waals surface area contributed by atoms with Gasteiger partial charge in [-0.25, -0.2) is 0 Å². The molecule has 3 aromatic carbocycles. The van der Waals surface area contributed by atoms with Crippen LogP contribution in [0, 0.1) is 12.3 Å². The van der Waals surface area contributed by atoms with E-state index in [2.05, 4.69) is 42.3 Å². The predicted molar refractivity (Wildman–Crippen MR) is 87.1 cm³/mol. The Morgan fingerprint density at radius 3 is 2.38 bits per heavy atom. The minimum absolute atomic E-state index is 0.902. The third-order valence-corrected chi connectivity index (χ3v) is 3.84. The molecule has 0 aliphatic rings. The van der Waals surface area contributed by atoms with Gasteiger partial charge in [-0.3, -0.25) is 0 Å². The Kier molecular flexibility index (Phi) is 2.55. The van der Waals surface area contributed by atoms with E-state index in [1.807, 2.05) is 24.3 Å². The SMILES string of the molecule is C#Cc1ccc(-c2ccc3c(ccc4occc43)c2)cc1. The highest BCUT2D eigenvalue weighted by Gasteiger charge is 2.05. The van der Waals surface area contributed by atoms with Gasteiger partial charge in [0.25, 0.3) is 0 Å². The van der Waals surface area contributed by atoms with Gasteiger partial charge in [0.2, 0.25) is 0 Å². The Balaban J connectivity index is 1.90. The van der Waals surface area contributed by atoms with Gasteiger partial charge in [0.05, 0.1) is 6.26 Å². The van der Waals surface area contributed by atoms with Crippen LogP contribution in [-0.2, 0) is 0 Å². The van der Waals surface area contributed by atoms with Crippen molar-refractivity contribution in [1.29, 1.82) is 0 Å². The first-order valence-corrected chi connectivity index (χ1v) is 6.82. The third-order valence-electron chi connectivity index (χ3n) is 3.84. The summed E-state index contributed by atoms with van der Waals surface area (Å²) in [5, 5.41) is 3.58. The maximum atomic E-state index is 5.45. The Hall–Kier alpha value is -2.98. The summed E-state index contributed by atoms with van der Waals surface area (Å²) in [6.45, 7) is 0. The molecular weight excluding hydrogens is 256 g/mol. The van der Waals surface area contributed by atoms with E-state index in [9.17, 15) is 0 Å². The fourth-order valence-corrected chi connectivity index (χ4v) is 2.72. The lowest BCUT2D eigenvalue weighted by Gasteiger charge is -2.05. The molecule has 4 rings (SSSR count). The quantitative estimate of drug-likeness (QED) is 0.430. The molecule has 0 bridgehead atoms. The van der Waals surface area contributed by atoms with Gasteiger partial charge in [0.1, 0.15) is 5.58 Å². The Labute approximate surface area is 122 Å². The molecule has 21 heavy (non-hydrogen) atoms.